The maximum Gasteiger partial charge on any atom is 0.274 e. The molecule has 6 nitrogen and oxygen atoms in total. The van der Waals surface area contributed by atoms with Crippen LogP contribution in [0.3, 0.4) is 0 Å². The molecule has 26 heavy (non-hydrogen) atoms. The van der Waals surface area contributed by atoms with Crippen molar-refractivity contribution in [1.29, 1.82) is 0 Å². The van der Waals surface area contributed by atoms with E-state index < -0.39 is 0 Å². The smallest absolute Gasteiger partial charge is 0.274 e. The van der Waals surface area contributed by atoms with Crippen LogP contribution in [0, 0.1) is 6.92 Å². The van der Waals surface area contributed by atoms with Crippen molar-refractivity contribution in [2.45, 2.75) is 40.2 Å². The minimum Gasteiger partial charge on any atom is -0.338 e. The van der Waals surface area contributed by atoms with Crippen LogP contribution in [0.15, 0.2) is 24.3 Å². The van der Waals surface area contributed by atoms with Crippen LogP contribution in [0.25, 0.3) is 0 Å². The number of rotatable bonds is 5. The standard InChI is InChI=1S/C20H26N4O2/c1-4-23(5-2)20(26)19-16-13-24(10-9-17(16)21-22-19)18(25)12-15-8-6-7-14(3)11-15/h6-8,11H,4-5,9-10,12-13H2,1-3H3,(H,21,22). The summed E-state index contributed by atoms with van der Waals surface area (Å²) in [6.07, 6.45) is 1.08. The second-order valence-corrected chi connectivity index (χ2v) is 6.74. The summed E-state index contributed by atoms with van der Waals surface area (Å²) < 4.78 is 0. The van der Waals surface area contributed by atoms with Gasteiger partial charge in [-0.25, -0.2) is 0 Å². The van der Waals surface area contributed by atoms with E-state index in [2.05, 4.69) is 10.2 Å². The summed E-state index contributed by atoms with van der Waals surface area (Å²) in [5, 5.41) is 7.24. The molecule has 2 heterocycles. The third kappa shape index (κ3) is 3.64. The minimum absolute atomic E-state index is 0.0690. The number of fused-ring (bicyclic) bond motifs is 1. The van der Waals surface area contributed by atoms with Gasteiger partial charge in [-0.3, -0.25) is 14.7 Å². The highest BCUT2D eigenvalue weighted by Gasteiger charge is 2.29. The Labute approximate surface area is 154 Å². The fourth-order valence-corrected chi connectivity index (χ4v) is 3.45. The van der Waals surface area contributed by atoms with Gasteiger partial charge in [0.05, 0.1) is 6.42 Å². The molecule has 0 spiro atoms. The van der Waals surface area contributed by atoms with Crippen molar-refractivity contribution in [3.05, 3.63) is 52.3 Å². The second kappa shape index (κ2) is 7.72. The number of carbonyl (C=O) groups excluding carboxylic acids is 2. The Bertz CT molecular complexity index is 808. The Morgan fingerprint density at radius 3 is 2.73 bits per heavy atom. The fourth-order valence-electron chi connectivity index (χ4n) is 3.45. The molecule has 0 radical (unpaired) electrons. The van der Waals surface area contributed by atoms with Gasteiger partial charge >= 0.3 is 0 Å². The van der Waals surface area contributed by atoms with E-state index in [1.807, 2.05) is 49.9 Å². The van der Waals surface area contributed by atoms with Gasteiger partial charge in [0.25, 0.3) is 5.91 Å². The van der Waals surface area contributed by atoms with Crippen LogP contribution >= 0.6 is 0 Å². The maximum absolute atomic E-state index is 12.7. The van der Waals surface area contributed by atoms with Crippen molar-refractivity contribution in [3.63, 3.8) is 0 Å². The lowest BCUT2D eigenvalue weighted by molar-refractivity contribution is -0.131. The molecular formula is C20H26N4O2. The molecule has 1 aromatic heterocycles. The molecule has 1 aliphatic rings. The van der Waals surface area contributed by atoms with Crippen molar-refractivity contribution in [2.75, 3.05) is 19.6 Å². The average Bonchev–Trinajstić information content (AvgIpc) is 3.05. The third-order valence-electron chi connectivity index (χ3n) is 4.98. The van der Waals surface area contributed by atoms with E-state index in [1.54, 1.807) is 4.90 Å². The highest BCUT2D eigenvalue weighted by molar-refractivity contribution is 5.94. The quantitative estimate of drug-likeness (QED) is 0.896. The first-order chi connectivity index (χ1) is 12.5. The summed E-state index contributed by atoms with van der Waals surface area (Å²) in [5.41, 5.74) is 4.47. The Kier molecular flexibility index (Phi) is 5.40. The van der Waals surface area contributed by atoms with Crippen LogP contribution in [-0.4, -0.2) is 51.4 Å². The molecule has 6 heteroatoms. The molecule has 138 valence electrons. The molecule has 1 N–H and O–H groups in total. The number of carbonyl (C=O) groups is 2. The Morgan fingerprint density at radius 2 is 2.04 bits per heavy atom. The Hall–Kier alpha value is -2.63. The summed E-state index contributed by atoms with van der Waals surface area (Å²) in [6.45, 7) is 8.32. The van der Waals surface area contributed by atoms with Gasteiger partial charge in [0, 0.05) is 43.9 Å². The molecule has 1 aromatic carbocycles. The Morgan fingerprint density at radius 1 is 1.27 bits per heavy atom. The first kappa shape index (κ1) is 18.2. The van der Waals surface area contributed by atoms with E-state index in [1.165, 1.54) is 0 Å². The molecule has 0 bridgehead atoms. The van der Waals surface area contributed by atoms with Gasteiger partial charge in [-0.1, -0.05) is 29.8 Å². The molecule has 0 saturated heterocycles. The number of H-pyrrole nitrogens is 1. The highest BCUT2D eigenvalue weighted by atomic mass is 16.2. The van der Waals surface area contributed by atoms with Crippen LogP contribution in [0.4, 0.5) is 0 Å². The first-order valence-electron chi connectivity index (χ1n) is 9.22. The van der Waals surface area contributed by atoms with Crippen LogP contribution in [0.2, 0.25) is 0 Å². The summed E-state index contributed by atoms with van der Waals surface area (Å²) in [6, 6.07) is 8.02. The zero-order valence-corrected chi connectivity index (χ0v) is 15.7. The summed E-state index contributed by atoms with van der Waals surface area (Å²) >= 11 is 0. The Balaban J connectivity index is 1.75. The number of aromatic amines is 1. The van der Waals surface area contributed by atoms with Gasteiger partial charge in [0.15, 0.2) is 5.69 Å². The lowest BCUT2D eigenvalue weighted by Crippen LogP contribution is -2.38. The first-order valence-corrected chi connectivity index (χ1v) is 9.22. The monoisotopic (exact) mass is 354 g/mol. The number of hydrogen-bond donors (Lipinski definition) is 1. The normalized spacial score (nSPS) is 13.4. The van der Waals surface area contributed by atoms with Crippen molar-refractivity contribution < 1.29 is 9.59 Å². The predicted molar refractivity (Wildman–Crippen MR) is 99.8 cm³/mol. The number of benzene rings is 1. The van der Waals surface area contributed by atoms with Crippen molar-refractivity contribution in [1.82, 2.24) is 20.0 Å². The maximum atomic E-state index is 12.7. The summed E-state index contributed by atoms with van der Waals surface area (Å²) in [4.78, 5) is 29.0. The van der Waals surface area contributed by atoms with E-state index in [0.29, 0.717) is 44.7 Å². The van der Waals surface area contributed by atoms with Crippen molar-refractivity contribution in [3.8, 4) is 0 Å². The second-order valence-electron chi connectivity index (χ2n) is 6.74. The van der Waals surface area contributed by atoms with Gasteiger partial charge in [-0.15, -0.1) is 0 Å². The molecule has 0 aliphatic carbocycles. The lowest BCUT2D eigenvalue weighted by Gasteiger charge is -2.28. The van der Waals surface area contributed by atoms with E-state index in [-0.39, 0.29) is 11.8 Å². The topological polar surface area (TPSA) is 69.3 Å². The molecule has 0 atom stereocenters. The molecule has 0 fully saturated rings. The van der Waals surface area contributed by atoms with E-state index in [4.69, 9.17) is 0 Å². The zero-order chi connectivity index (χ0) is 18.7. The molecule has 0 saturated carbocycles. The summed E-state index contributed by atoms with van der Waals surface area (Å²) in [5.74, 6) is 0.0178. The van der Waals surface area contributed by atoms with Crippen LogP contribution in [0.5, 0.6) is 0 Å². The van der Waals surface area contributed by atoms with Crippen molar-refractivity contribution >= 4 is 11.8 Å². The molecule has 0 unspecified atom stereocenters. The van der Waals surface area contributed by atoms with Crippen LogP contribution < -0.4 is 0 Å². The van der Waals surface area contributed by atoms with Crippen LogP contribution in [0.1, 0.15) is 46.7 Å². The minimum atomic E-state index is -0.0690. The average molecular weight is 354 g/mol. The third-order valence-corrected chi connectivity index (χ3v) is 4.98. The molecular weight excluding hydrogens is 328 g/mol. The van der Waals surface area contributed by atoms with Gasteiger partial charge in [0.1, 0.15) is 0 Å². The molecule has 2 aromatic rings. The number of hydrogen-bond acceptors (Lipinski definition) is 3. The lowest BCUT2D eigenvalue weighted by atomic mass is 10.0. The number of nitrogens with zero attached hydrogens (tertiary/aromatic N) is 3. The van der Waals surface area contributed by atoms with Crippen molar-refractivity contribution in [2.24, 2.45) is 0 Å². The zero-order valence-electron chi connectivity index (χ0n) is 15.7. The number of amides is 2. The molecule has 2 amide bonds. The van der Waals surface area contributed by atoms with Crippen LogP contribution in [-0.2, 0) is 24.2 Å². The van der Waals surface area contributed by atoms with Gasteiger partial charge in [-0.2, -0.15) is 5.10 Å². The molecule has 1 aliphatic heterocycles. The van der Waals surface area contributed by atoms with E-state index >= 15 is 0 Å². The largest absolute Gasteiger partial charge is 0.338 e. The predicted octanol–water partition coefficient (Wildman–Crippen LogP) is 2.33. The van der Waals surface area contributed by atoms with E-state index in [9.17, 15) is 9.59 Å². The molecule has 3 rings (SSSR count). The summed E-state index contributed by atoms with van der Waals surface area (Å²) in [7, 11) is 0. The van der Waals surface area contributed by atoms with Gasteiger partial charge < -0.3 is 9.80 Å². The SMILES string of the molecule is CCN(CC)C(=O)c1n[nH]c2c1CN(C(=O)Cc1cccc(C)c1)CC2. The highest BCUT2D eigenvalue weighted by Crippen LogP contribution is 2.22. The number of nitrogens with one attached hydrogen (secondary N) is 1. The number of aromatic nitrogens is 2. The van der Waals surface area contributed by atoms with E-state index in [0.717, 1.165) is 22.4 Å². The number of aryl methyl sites for hydroxylation is 1. The fraction of sp³-hybridized carbons (Fsp3) is 0.450. The van der Waals surface area contributed by atoms with Gasteiger partial charge in [0.2, 0.25) is 5.91 Å². The van der Waals surface area contributed by atoms with Gasteiger partial charge in [-0.05, 0) is 26.3 Å².